The van der Waals surface area contributed by atoms with Gasteiger partial charge in [-0.25, -0.2) is 0 Å². The van der Waals surface area contributed by atoms with Crippen LogP contribution in [0.5, 0.6) is 5.75 Å². The Balaban J connectivity index is 2.30. The van der Waals surface area contributed by atoms with Crippen LogP contribution in [0.4, 0.5) is 13.2 Å². The summed E-state index contributed by atoms with van der Waals surface area (Å²) in [6, 6.07) is 12.1. The Kier molecular flexibility index (Phi) is 4.08. The number of hydrogen-bond donors (Lipinski definition) is 0. The third-order valence-corrected chi connectivity index (χ3v) is 3.57. The van der Waals surface area contributed by atoms with Crippen LogP contribution in [0.15, 0.2) is 59.4 Å². The van der Waals surface area contributed by atoms with E-state index in [4.69, 9.17) is 4.74 Å². The van der Waals surface area contributed by atoms with E-state index in [0.717, 1.165) is 22.8 Å². The maximum atomic E-state index is 13.0. The molecule has 0 saturated carbocycles. The standard InChI is InChI=1S/C18H12F3NO3/c1-11(23)25-16-10-17(24)22(15-8-3-2-7-14(15)16)13-6-4-5-12(9-13)18(19,20)21/h2-10H,1H3. The first kappa shape index (κ1) is 16.8. The van der Waals surface area contributed by atoms with Gasteiger partial charge in [0.2, 0.25) is 0 Å². The highest BCUT2D eigenvalue weighted by Gasteiger charge is 2.30. The topological polar surface area (TPSA) is 48.3 Å². The van der Waals surface area contributed by atoms with Gasteiger partial charge in [0.05, 0.1) is 11.1 Å². The molecule has 0 aliphatic heterocycles. The maximum absolute atomic E-state index is 13.0. The summed E-state index contributed by atoms with van der Waals surface area (Å²) in [7, 11) is 0. The number of para-hydroxylation sites is 1. The maximum Gasteiger partial charge on any atom is 0.416 e. The van der Waals surface area contributed by atoms with Gasteiger partial charge >= 0.3 is 12.1 Å². The monoisotopic (exact) mass is 347 g/mol. The van der Waals surface area contributed by atoms with E-state index in [1.807, 2.05) is 0 Å². The molecule has 4 nitrogen and oxygen atoms in total. The van der Waals surface area contributed by atoms with Gasteiger partial charge in [0.1, 0.15) is 5.75 Å². The summed E-state index contributed by atoms with van der Waals surface area (Å²) in [6.45, 7) is 1.20. The van der Waals surface area contributed by atoms with Crippen LogP contribution in [0.2, 0.25) is 0 Å². The average Bonchev–Trinajstić information content (AvgIpc) is 2.54. The third-order valence-electron chi connectivity index (χ3n) is 3.57. The van der Waals surface area contributed by atoms with E-state index >= 15 is 0 Å². The Labute approximate surface area is 140 Å². The van der Waals surface area contributed by atoms with Crippen molar-refractivity contribution in [2.75, 3.05) is 0 Å². The summed E-state index contributed by atoms with van der Waals surface area (Å²) in [5.41, 5.74) is -1.05. The number of aromatic nitrogens is 1. The fourth-order valence-electron chi connectivity index (χ4n) is 2.58. The molecular weight excluding hydrogens is 335 g/mol. The molecule has 0 aliphatic carbocycles. The van der Waals surface area contributed by atoms with E-state index in [0.29, 0.717) is 10.9 Å². The third kappa shape index (κ3) is 3.26. The van der Waals surface area contributed by atoms with Crippen LogP contribution in [0.3, 0.4) is 0 Å². The van der Waals surface area contributed by atoms with Crippen LogP contribution in [-0.2, 0) is 11.0 Å². The first-order chi connectivity index (χ1) is 11.8. The van der Waals surface area contributed by atoms with E-state index < -0.39 is 23.3 Å². The van der Waals surface area contributed by atoms with Crippen molar-refractivity contribution >= 4 is 16.9 Å². The van der Waals surface area contributed by atoms with Gasteiger partial charge in [-0.3, -0.25) is 14.2 Å². The SMILES string of the molecule is CC(=O)Oc1cc(=O)n(-c2cccc(C(F)(F)F)c2)c2ccccc12. The van der Waals surface area contributed by atoms with Crippen LogP contribution in [0, 0.1) is 0 Å². The second-order valence-electron chi connectivity index (χ2n) is 5.34. The second-order valence-corrected chi connectivity index (χ2v) is 5.34. The van der Waals surface area contributed by atoms with E-state index in [9.17, 15) is 22.8 Å². The number of esters is 1. The number of carbonyl (C=O) groups excluding carboxylic acids is 1. The summed E-state index contributed by atoms with van der Waals surface area (Å²) < 4.78 is 45.1. The predicted molar refractivity (Wildman–Crippen MR) is 85.9 cm³/mol. The minimum atomic E-state index is -4.52. The van der Waals surface area contributed by atoms with Gasteiger partial charge in [-0.1, -0.05) is 18.2 Å². The van der Waals surface area contributed by atoms with E-state index in [-0.39, 0.29) is 11.4 Å². The fraction of sp³-hybridized carbons (Fsp3) is 0.111. The number of nitrogens with zero attached hydrogens (tertiary/aromatic N) is 1. The lowest BCUT2D eigenvalue weighted by Gasteiger charge is -2.14. The molecule has 0 radical (unpaired) electrons. The molecule has 2 aromatic carbocycles. The van der Waals surface area contributed by atoms with Gasteiger partial charge in [-0.15, -0.1) is 0 Å². The van der Waals surface area contributed by atoms with Crippen molar-refractivity contribution in [1.29, 1.82) is 0 Å². The highest BCUT2D eigenvalue weighted by Crippen LogP contribution is 2.31. The van der Waals surface area contributed by atoms with Crippen molar-refractivity contribution in [3.05, 3.63) is 70.5 Å². The number of ether oxygens (including phenoxy) is 1. The lowest BCUT2D eigenvalue weighted by molar-refractivity contribution is -0.137. The number of fused-ring (bicyclic) bond motifs is 1. The summed E-state index contributed by atoms with van der Waals surface area (Å²) in [5.74, 6) is -0.530. The molecule has 0 bridgehead atoms. The molecule has 0 amide bonds. The van der Waals surface area contributed by atoms with Crippen molar-refractivity contribution in [3.8, 4) is 11.4 Å². The Morgan fingerprint density at radius 2 is 1.76 bits per heavy atom. The molecule has 128 valence electrons. The molecular formula is C18H12F3NO3. The summed E-state index contributed by atoms with van der Waals surface area (Å²) in [6.07, 6.45) is -4.52. The van der Waals surface area contributed by atoms with Crippen molar-refractivity contribution < 1.29 is 22.7 Å². The minimum Gasteiger partial charge on any atom is -0.426 e. The van der Waals surface area contributed by atoms with Gasteiger partial charge in [0, 0.05) is 24.1 Å². The normalized spacial score (nSPS) is 11.5. The van der Waals surface area contributed by atoms with Crippen molar-refractivity contribution in [3.63, 3.8) is 0 Å². The van der Waals surface area contributed by atoms with Crippen molar-refractivity contribution in [1.82, 2.24) is 4.57 Å². The Bertz CT molecular complexity index is 1020. The van der Waals surface area contributed by atoms with E-state index in [2.05, 4.69) is 0 Å². The van der Waals surface area contributed by atoms with Crippen LogP contribution in [-0.4, -0.2) is 10.5 Å². The molecule has 3 rings (SSSR count). The lowest BCUT2D eigenvalue weighted by atomic mass is 10.1. The van der Waals surface area contributed by atoms with Crippen LogP contribution in [0.1, 0.15) is 12.5 Å². The van der Waals surface area contributed by atoms with Crippen molar-refractivity contribution in [2.24, 2.45) is 0 Å². The Morgan fingerprint density at radius 3 is 2.44 bits per heavy atom. The molecule has 0 unspecified atom stereocenters. The molecule has 1 aromatic heterocycles. The number of benzene rings is 2. The second kappa shape index (κ2) is 6.08. The Hall–Kier alpha value is -3.09. The van der Waals surface area contributed by atoms with Crippen LogP contribution in [0.25, 0.3) is 16.6 Å². The predicted octanol–water partition coefficient (Wildman–Crippen LogP) is 3.93. The van der Waals surface area contributed by atoms with Gasteiger partial charge < -0.3 is 4.74 Å². The largest absolute Gasteiger partial charge is 0.426 e. The number of carbonyl (C=O) groups is 1. The van der Waals surface area contributed by atoms with Gasteiger partial charge in [0.15, 0.2) is 0 Å². The quantitative estimate of drug-likeness (QED) is 0.660. The fourth-order valence-corrected chi connectivity index (χ4v) is 2.58. The number of hydrogen-bond acceptors (Lipinski definition) is 3. The van der Waals surface area contributed by atoms with Gasteiger partial charge in [-0.05, 0) is 30.3 Å². The number of rotatable bonds is 2. The lowest BCUT2D eigenvalue weighted by Crippen LogP contribution is -2.19. The molecule has 0 aliphatic rings. The molecule has 0 saturated heterocycles. The molecule has 0 fully saturated rings. The van der Waals surface area contributed by atoms with Crippen molar-refractivity contribution in [2.45, 2.75) is 13.1 Å². The highest BCUT2D eigenvalue weighted by atomic mass is 19.4. The average molecular weight is 347 g/mol. The first-order valence-electron chi connectivity index (χ1n) is 7.28. The molecule has 0 spiro atoms. The summed E-state index contributed by atoms with van der Waals surface area (Å²) >= 11 is 0. The molecule has 7 heteroatoms. The summed E-state index contributed by atoms with van der Waals surface area (Å²) in [5, 5.41) is 0.440. The van der Waals surface area contributed by atoms with E-state index in [1.54, 1.807) is 24.3 Å². The molecule has 0 atom stereocenters. The minimum absolute atomic E-state index is 0.0660. The smallest absolute Gasteiger partial charge is 0.416 e. The molecule has 3 aromatic rings. The van der Waals surface area contributed by atoms with E-state index in [1.165, 1.54) is 19.1 Å². The zero-order valence-corrected chi connectivity index (χ0v) is 13.0. The van der Waals surface area contributed by atoms with Gasteiger partial charge in [0.25, 0.3) is 5.56 Å². The van der Waals surface area contributed by atoms with Crippen LogP contribution >= 0.6 is 0 Å². The zero-order valence-electron chi connectivity index (χ0n) is 13.0. The molecule has 25 heavy (non-hydrogen) atoms. The Morgan fingerprint density at radius 1 is 1.04 bits per heavy atom. The van der Waals surface area contributed by atoms with Crippen LogP contribution < -0.4 is 10.3 Å². The number of alkyl halides is 3. The number of halogens is 3. The zero-order chi connectivity index (χ0) is 18.2. The first-order valence-corrected chi connectivity index (χ1v) is 7.28. The highest BCUT2D eigenvalue weighted by molar-refractivity contribution is 5.88. The molecule has 1 heterocycles. The number of pyridine rings is 1. The van der Waals surface area contributed by atoms with Gasteiger partial charge in [-0.2, -0.15) is 13.2 Å². The molecule has 0 N–H and O–H groups in total. The summed E-state index contributed by atoms with van der Waals surface area (Å²) in [4.78, 5) is 23.7.